The second-order valence-corrected chi connectivity index (χ2v) is 12.4. The van der Waals surface area contributed by atoms with Crippen LogP contribution in [0, 0.1) is 12.8 Å². The minimum absolute atomic E-state index is 0.0728. The molecule has 1 N–H and O–H groups in total. The first-order valence-corrected chi connectivity index (χ1v) is 14.7. The van der Waals surface area contributed by atoms with Crippen molar-refractivity contribution in [2.75, 3.05) is 57.7 Å². The fourth-order valence-corrected chi connectivity index (χ4v) is 7.19. The van der Waals surface area contributed by atoms with Crippen LogP contribution in [-0.4, -0.2) is 80.8 Å². The lowest BCUT2D eigenvalue weighted by atomic mass is 9.89. The Hall–Kier alpha value is -1.48. The minimum Gasteiger partial charge on any atom is -0.325 e. The number of rotatable bonds is 7. The largest absolute Gasteiger partial charge is 0.325 e. The molecule has 7 nitrogen and oxygen atoms in total. The van der Waals surface area contributed by atoms with E-state index in [1.807, 2.05) is 6.92 Å². The van der Waals surface area contributed by atoms with E-state index in [-0.39, 0.29) is 10.8 Å². The zero-order chi connectivity index (χ0) is 24.0. The highest BCUT2D eigenvalue weighted by molar-refractivity contribution is 7.89. The molecule has 0 unspecified atom stereocenters. The van der Waals surface area contributed by atoms with Crippen LogP contribution in [0.5, 0.6) is 0 Å². The zero-order valence-corrected chi connectivity index (χ0v) is 21.6. The molecular weight excluding hydrogens is 448 g/mol. The number of nitrogens with zero attached hydrogens (tertiary/aromatic N) is 3. The van der Waals surface area contributed by atoms with Gasteiger partial charge in [-0.1, -0.05) is 31.7 Å². The van der Waals surface area contributed by atoms with E-state index < -0.39 is 10.0 Å². The third-order valence-corrected chi connectivity index (χ3v) is 9.62. The van der Waals surface area contributed by atoms with Crippen LogP contribution in [0.1, 0.15) is 63.4 Å². The highest BCUT2D eigenvalue weighted by Gasteiger charge is 2.27. The lowest BCUT2D eigenvalue weighted by molar-refractivity contribution is -0.117. The molecule has 3 fully saturated rings. The Balaban J connectivity index is 1.31. The van der Waals surface area contributed by atoms with E-state index in [4.69, 9.17) is 0 Å². The Morgan fingerprint density at radius 1 is 0.882 bits per heavy atom. The maximum atomic E-state index is 13.1. The number of carbonyl (C=O) groups is 1. The van der Waals surface area contributed by atoms with Crippen molar-refractivity contribution in [2.24, 2.45) is 5.92 Å². The quantitative estimate of drug-likeness (QED) is 0.631. The topological polar surface area (TPSA) is 73.0 Å². The molecule has 8 heteroatoms. The molecule has 4 rings (SSSR count). The van der Waals surface area contributed by atoms with Gasteiger partial charge in [-0.25, -0.2) is 8.42 Å². The molecule has 2 aliphatic heterocycles. The van der Waals surface area contributed by atoms with Crippen LogP contribution in [0.25, 0.3) is 0 Å². The molecule has 1 aromatic rings. The monoisotopic (exact) mass is 490 g/mol. The second-order valence-electron chi connectivity index (χ2n) is 10.4. The molecule has 190 valence electrons. The van der Waals surface area contributed by atoms with Crippen LogP contribution in [0.15, 0.2) is 23.1 Å². The van der Waals surface area contributed by atoms with Crippen molar-refractivity contribution in [1.82, 2.24) is 14.1 Å². The first kappa shape index (κ1) is 25.6. The van der Waals surface area contributed by atoms with Crippen LogP contribution in [-0.2, 0) is 14.8 Å². The molecule has 3 aliphatic rings. The summed E-state index contributed by atoms with van der Waals surface area (Å²) in [6.07, 6.45) is 10.9. The molecule has 0 spiro atoms. The number of amides is 1. The van der Waals surface area contributed by atoms with E-state index in [2.05, 4.69) is 15.1 Å². The summed E-state index contributed by atoms with van der Waals surface area (Å²) in [5.41, 5.74) is 1.47. The van der Waals surface area contributed by atoms with Gasteiger partial charge in [-0.05, 0) is 75.7 Å². The lowest BCUT2D eigenvalue weighted by Gasteiger charge is -2.28. The SMILES string of the molecule is Cc1ccc(S(=O)(=O)N2CCCCC2)cc1NC(=O)CN1CCCN(CC2CCCCC2)CC1. The minimum atomic E-state index is -3.52. The van der Waals surface area contributed by atoms with Gasteiger partial charge in [-0.2, -0.15) is 4.31 Å². The molecule has 0 radical (unpaired) electrons. The summed E-state index contributed by atoms with van der Waals surface area (Å²) in [6, 6.07) is 5.08. The van der Waals surface area contributed by atoms with E-state index in [1.165, 1.54) is 38.6 Å². The number of piperidine rings is 1. The van der Waals surface area contributed by atoms with Crippen molar-refractivity contribution >= 4 is 21.6 Å². The van der Waals surface area contributed by atoms with Crippen LogP contribution in [0.3, 0.4) is 0 Å². The van der Waals surface area contributed by atoms with E-state index in [9.17, 15) is 13.2 Å². The molecule has 1 amide bonds. The Labute approximate surface area is 205 Å². The number of hydrogen-bond acceptors (Lipinski definition) is 5. The number of sulfonamides is 1. The maximum Gasteiger partial charge on any atom is 0.243 e. The molecule has 1 aromatic carbocycles. The van der Waals surface area contributed by atoms with Gasteiger partial charge in [-0.3, -0.25) is 9.69 Å². The van der Waals surface area contributed by atoms with Gasteiger partial charge in [0.25, 0.3) is 0 Å². The Kier molecular flexibility index (Phi) is 9.02. The molecule has 1 saturated carbocycles. The first-order valence-electron chi connectivity index (χ1n) is 13.3. The van der Waals surface area contributed by atoms with Crippen molar-refractivity contribution < 1.29 is 13.2 Å². The standard InChI is InChI=1S/C26H42N4O3S/c1-22-11-12-24(34(32,33)30-15-6-3-7-16-30)19-25(22)27-26(31)21-29-14-8-13-28(17-18-29)20-23-9-4-2-5-10-23/h11-12,19,23H,2-10,13-18,20-21H2,1H3,(H,27,31). The van der Waals surface area contributed by atoms with Gasteiger partial charge < -0.3 is 10.2 Å². The molecule has 2 saturated heterocycles. The number of carbonyl (C=O) groups excluding carboxylic acids is 1. The summed E-state index contributed by atoms with van der Waals surface area (Å²) in [4.78, 5) is 18.0. The van der Waals surface area contributed by atoms with Crippen LogP contribution >= 0.6 is 0 Å². The summed E-state index contributed by atoms with van der Waals surface area (Å²) < 4.78 is 27.7. The van der Waals surface area contributed by atoms with Gasteiger partial charge in [0.2, 0.25) is 15.9 Å². The molecule has 1 aliphatic carbocycles. The summed E-state index contributed by atoms with van der Waals surface area (Å²) >= 11 is 0. The van der Waals surface area contributed by atoms with Crippen molar-refractivity contribution in [3.05, 3.63) is 23.8 Å². The fourth-order valence-electron chi connectivity index (χ4n) is 5.64. The Bertz CT molecular complexity index is 924. The number of nitrogens with one attached hydrogen (secondary N) is 1. The van der Waals surface area contributed by atoms with E-state index in [1.54, 1.807) is 22.5 Å². The Morgan fingerprint density at radius 3 is 2.32 bits per heavy atom. The van der Waals surface area contributed by atoms with E-state index >= 15 is 0 Å². The van der Waals surface area contributed by atoms with Crippen LogP contribution < -0.4 is 5.32 Å². The van der Waals surface area contributed by atoms with Crippen molar-refractivity contribution in [2.45, 2.75) is 69.6 Å². The van der Waals surface area contributed by atoms with Crippen LogP contribution in [0.2, 0.25) is 0 Å². The average Bonchev–Trinajstić information content (AvgIpc) is 3.06. The highest BCUT2D eigenvalue weighted by atomic mass is 32.2. The summed E-state index contributed by atoms with van der Waals surface area (Å²) in [5.74, 6) is 0.774. The van der Waals surface area contributed by atoms with Gasteiger partial charge in [0.15, 0.2) is 0 Å². The first-order chi connectivity index (χ1) is 16.4. The number of aryl methyl sites for hydroxylation is 1. The highest BCUT2D eigenvalue weighted by Crippen LogP contribution is 2.26. The van der Waals surface area contributed by atoms with Crippen molar-refractivity contribution in [1.29, 1.82) is 0 Å². The van der Waals surface area contributed by atoms with Crippen molar-refractivity contribution in [3.63, 3.8) is 0 Å². The normalized spacial score (nSPS) is 22.4. The third-order valence-electron chi connectivity index (χ3n) is 7.73. The zero-order valence-electron chi connectivity index (χ0n) is 20.8. The maximum absolute atomic E-state index is 13.1. The van der Waals surface area contributed by atoms with Crippen LogP contribution in [0.4, 0.5) is 5.69 Å². The van der Waals surface area contributed by atoms with Gasteiger partial charge >= 0.3 is 0 Å². The summed E-state index contributed by atoms with van der Waals surface area (Å²) in [5, 5.41) is 2.99. The smallest absolute Gasteiger partial charge is 0.243 e. The van der Waals surface area contributed by atoms with Crippen molar-refractivity contribution in [3.8, 4) is 0 Å². The lowest BCUT2D eigenvalue weighted by Crippen LogP contribution is -2.37. The average molecular weight is 491 g/mol. The predicted octanol–water partition coefficient (Wildman–Crippen LogP) is 3.70. The van der Waals surface area contributed by atoms with Gasteiger partial charge in [0.1, 0.15) is 0 Å². The molecule has 0 atom stereocenters. The molecule has 2 heterocycles. The number of anilines is 1. The molecule has 34 heavy (non-hydrogen) atoms. The number of hydrogen-bond donors (Lipinski definition) is 1. The fraction of sp³-hybridized carbons (Fsp3) is 0.731. The van der Waals surface area contributed by atoms with E-state index in [0.29, 0.717) is 25.3 Å². The van der Waals surface area contributed by atoms with Gasteiger partial charge in [0, 0.05) is 38.4 Å². The second kappa shape index (κ2) is 12.0. The number of benzene rings is 1. The van der Waals surface area contributed by atoms with Gasteiger partial charge in [0.05, 0.1) is 11.4 Å². The Morgan fingerprint density at radius 2 is 1.56 bits per heavy atom. The predicted molar refractivity (Wildman–Crippen MR) is 136 cm³/mol. The van der Waals surface area contributed by atoms with E-state index in [0.717, 1.165) is 63.3 Å². The summed E-state index contributed by atoms with van der Waals surface area (Å²) in [6.45, 7) is 8.57. The third kappa shape index (κ3) is 6.80. The summed E-state index contributed by atoms with van der Waals surface area (Å²) in [7, 11) is -3.52. The molecule has 0 bridgehead atoms. The molecule has 0 aromatic heterocycles. The molecular formula is C26H42N4O3S. The van der Waals surface area contributed by atoms with Gasteiger partial charge in [-0.15, -0.1) is 0 Å².